The molecule has 0 spiro atoms. The smallest absolute Gasteiger partial charge is 0.295 e. The van der Waals surface area contributed by atoms with E-state index in [1.54, 1.807) is 0 Å². The second kappa shape index (κ2) is 5.05. The van der Waals surface area contributed by atoms with Crippen LogP contribution >= 0.6 is 0 Å². The van der Waals surface area contributed by atoms with Gasteiger partial charge in [-0.25, -0.2) is 0 Å². The molecule has 0 saturated carbocycles. The van der Waals surface area contributed by atoms with Crippen LogP contribution in [0.5, 0.6) is 0 Å². The number of oxazole rings is 1. The van der Waals surface area contributed by atoms with Gasteiger partial charge in [0.1, 0.15) is 5.52 Å². The lowest BCUT2D eigenvalue weighted by Gasteiger charge is -2.12. The molecule has 2 rings (SSSR count). The van der Waals surface area contributed by atoms with Crippen LogP contribution in [0.2, 0.25) is 0 Å². The van der Waals surface area contributed by atoms with Crippen LogP contribution in [-0.2, 0) is 0 Å². The summed E-state index contributed by atoms with van der Waals surface area (Å²) in [5.74, 6) is 0. The summed E-state index contributed by atoms with van der Waals surface area (Å²) >= 11 is 0. The Morgan fingerprint density at radius 1 is 1.47 bits per heavy atom. The number of anilines is 2. The first kappa shape index (κ1) is 11.7. The summed E-state index contributed by atoms with van der Waals surface area (Å²) in [6.45, 7) is 4.93. The molecule has 5 nitrogen and oxygen atoms in total. The van der Waals surface area contributed by atoms with E-state index in [0.717, 1.165) is 30.7 Å². The molecule has 0 aliphatic rings. The van der Waals surface area contributed by atoms with E-state index in [1.807, 2.05) is 18.2 Å². The Morgan fingerprint density at radius 2 is 2.29 bits per heavy atom. The highest BCUT2D eigenvalue weighted by atomic mass is 16.4. The molecule has 3 N–H and O–H groups in total. The first-order valence-corrected chi connectivity index (χ1v) is 5.77. The molecule has 17 heavy (non-hydrogen) atoms. The van der Waals surface area contributed by atoms with Gasteiger partial charge < -0.3 is 20.4 Å². The van der Waals surface area contributed by atoms with Gasteiger partial charge in [-0.3, -0.25) is 0 Å². The first-order chi connectivity index (χ1) is 8.19. The second-order valence-electron chi connectivity index (χ2n) is 4.07. The van der Waals surface area contributed by atoms with Crippen LogP contribution in [0.3, 0.4) is 0 Å². The number of nitrogens with one attached hydrogen (secondary N) is 1. The zero-order valence-corrected chi connectivity index (χ0v) is 10.2. The quantitative estimate of drug-likeness (QED) is 0.772. The van der Waals surface area contributed by atoms with Crippen LogP contribution in [0.25, 0.3) is 11.1 Å². The number of hydrogen-bond donors (Lipinski definition) is 2. The highest BCUT2D eigenvalue weighted by molar-refractivity contribution is 5.78. The lowest BCUT2D eigenvalue weighted by Crippen LogP contribution is -2.24. The molecule has 0 aliphatic carbocycles. The van der Waals surface area contributed by atoms with Crippen molar-refractivity contribution >= 4 is 22.8 Å². The standard InChI is InChI=1S/C12H18N4O/c1-3-16(2)7-6-14-12-15-10-8-9(13)4-5-11(10)17-12/h4-5,8H,3,6-7,13H2,1-2H3,(H,14,15). The normalized spacial score (nSPS) is 11.2. The topological polar surface area (TPSA) is 67.3 Å². The summed E-state index contributed by atoms with van der Waals surface area (Å²) in [4.78, 5) is 6.54. The third kappa shape index (κ3) is 2.88. The minimum absolute atomic E-state index is 0.551. The van der Waals surface area contributed by atoms with E-state index >= 15 is 0 Å². The molecule has 0 atom stereocenters. The molecule has 1 heterocycles. The lowest BCUT2D eigenvalue weighted by molar-refractivity contribution is 0.366. The largest absolute Gasteiger partial charge is 0.424 e. The van der Waals surface area contributed by atoms with Crippen LogP contribution < -0.4 is 11.1 Å². The molecule has 1 aromatic carbocycles. The molecule has 0 bridgehead atoms. The van der Waals surface area contributed by atoms with Gasteiger partial charge in [-0.2, -0.15) is 4.98 Å². The Bertz CT molecular complexity index is 494. The van der Waals surface area contributed by atoms with E-state index in [2.05, 4.69) is 29.2 Å². The van der Waals surface area contributed by atoms with E-state index in [4.69, 9.17) is 10.2 Å². The molecule has 0 aliphatic heterocycles. The van der Waals surface area contributed by atoms with Gasteiger partial charge in [-0.1, -0.05) is 6.92 Å². The average molecular weight is 234 g/mol. The minimum atomic E-state index is 0.551. The molecule has 0 fully saturated rings. The second-order valence-corrected chi connectivity index (χ2v) is 4.07. The van der Waals surface area contributed by atoms with Crippen LogP contribution in [0.1, 0.15) is 6.92 Å². The number of benzene rings is 1. The molecular weight excluding hydrogens is 216 g/mol. The van der Waals surface area contributed by atoms with Crippen LogP contribution in [0.4, 0.5) is 11.7 Å². The SMILES string of the molecule is CCN(C)CCNc1nc2cc(N)ccc2o1. The molecule has 2 aromatic rings. The monoisotopic (exact) mass is 234 g/mol. The van der Waals surface area contributed by atoms with Crippen molar-refractivity contribution in [1.29, 1.82) is 0 Å². The summed E-state index contributed by atoms with van der Waals surface area (Å²) < 4.78 is 5.54. The number of likely N-dealkylation sites (N-methyl/N-ethyl adjacent to an activating group) is 1. The number of hydrogen-bond acceptors (Lipinski definition) is 5. The predicted octanol–water partition coefficient (Wildman–Crippen LogP) is 1.77. The van der Waals surface area contributed by atoms with Gasteiger partial charge >= 0.3 is 0 Å². The van der Waals surface area contributed by atoms with Crippen molar-refractivity contribution in [2.45, 2.75) is 6.92 Å². The number of nitrogens with two attached hydrogens (primary N) is 1. The Labute approximate surface area is 101 Å². The predicted molar refractivity (Wildman–Crippen MR) is 70.1 cm³/mol. The van der Waals surface area contributed by atoms with Gasteiger partial charge in [-0.15, -0.1) is 0 Å². The van der Waals surface area contributed by atoms with E-state index in [1.165, 1.54) is 0 Å². The molecular formula is C12H18N4O. The highest BCUT2D eigenvalue weighted by Crippen LogP contribution is 2.20. The molecule has 0 unspecified atom stereocenters. The van der Waals surface area contributed by atoms with Crippen LogP contribution in [0, 0.1) is 0 Å². The molecule has 5 heteroatoms. The Morgan fingerprint density at radius 3 is 3.06 bits per heavy atom. The van der Waals surface area contributed by atoms with E-state index < -0.39 is 0 Å². The number of nitrogens with zero attached hydrogens (tertiary/aromatic N) is 2. The van der Waals surface area contributed by atoms with Crippen molar-refractivity contribution in [3.63, 3.8) is 0 Å². The summed E-state index contributed by atoms with van der Waals surface area (Å²) in [5, 5.41) is 3.16. The minimum Gasteiger partial charge on any atom is -0.424 e. The van der Waals surface area contributed by atoms with Crippen LogP contribution in [0.15, 0.2) is 22.6 Å². The van der Waals surface area contributed by atoms with E-state index in [0.29, 0.717) is 11.7 Å². The van der Waals surface area contributed by atoms with Crippen molar-refractivity contribution in [1.82, 2.24) is 9.88 Å². The van der Waals surface area contributed by atoms with Crippen molar-refractivity contribution < 1.29 is 4.42 Å². The van der Waals surface area contributed by atoms with Crippen molar-refractivity contribution in [3.8, 4) is 0 Å². The summed E-state index contributed by atoms with van der Waals surface area (Å²) in [6.07, 6.45) is 0. The van der Waals surface area contributed by atoms with Gasteiger partial charge in [0.2, 0.25) is 0 Å². The fourth-order valence-electron chi connectivity index (χ4n) is 1.53. The first-order valence-electron chi connectivity index (χ1n) is 5.77. The van der Waals surface area contributed by atoms with Crippen molar-refractivity contribution in [2.24, 2.45) is 0 Å². The number of aromatic nitrogens is 1. The summed E-state index contributed by atoms with van der Waals surface area (Å²) in [6, 6.07) is 6.00. The Hall–Kier alpha value is -1.75. The van der Waals surface area contributed by atoms with Crippen LogP contribution in [-0.4, -0.2) is 36.6 Å². The molecule has 1 aromatic heterocycles. The maximum atomic E-state index is 5.68. The summed E-state index contributed by atoms with van der Waals surface area (Å²) in [7, 11) is 2.08. The highest BCUT2D eigenvalue weighted by Gasteiger charge is 2.05. The zero-order chi connectivity index (χ0) is 12.3. The maximum Gasteiger partial charge on any atom is 0.295 e. The number of rotatable bonds is 5. The lowest BCUT2D eigenvalue weighted by atomic mass is 10.3. The van der Waals surface area contributed by atoms with Gasteiger partial charge in [0, 0.05) is 18.8 Å². The van der Waals surface area contributed by atoms with E-state index in [-0.39, 0.29) is 0 Å². The number of nitrogen functional groups attached to an aromatic ring is 1. The van der Waals surface area contributed by atoms with Crippen molar-refractivity contribution in [2.75, 3.05) is 37.7 Å². The van der Waals surface area contributed by atoms with Gasteiger partial charge in [0.05, 0.1) is 0 Å². The fraction of sp³-hybridized carbons (Fsp3) is 0.417. The fourth-order valence-corrected chi connectivity index (χ4v) is 1.53. The molecule has 0 amide bonds. The third-order valence-electron chi connectivity index (χ3n) is 2.72. The average Bonchev–Trinajstić information content (AvgIpc) is 2.70. The third-order valence-corrected chi connectivity index (χ3v) is 2.72. The zero-order valence-electron chi connectivity index (χ0n) is 10.2. The van der Waals surface area contributed by atoms with Crippen molar-refractivity contribution in [3.05, 3.63) is 18.2 Å². The summed E-state index contributed by atoms with van der Waals surface area (Å²) in [5.41, 5.74) is 7.92. The Balaban J connectivity index is 1.99. The van der Waals surface area contributed by atoms with E-state index in [9.17, 15) is 0 Å². The van der Waals surface area contributed by atoms with Gasteiger partial charge in [0.15, 0.2) is 5.58 Å². The number of fused-ring (bicyclic) bond motifs is 1. The maximum absolute atomic E-state index is 5.68. The Kier molecular flexibility index (Phi) is 3.49. The molecule has 0 radical (unpaired) electrons. The molecule has 0 saturated heterocycles. The van der Waals surface area contributed by atoms with Gasteiger partial charge in [0.25, 0.3) is 6.01 Å². The molecule has 92 valence electrons. The van der Waals surface area contributed by atoms with Gasteiger partial charge in [-0.05, 0) is 31.8 Å².